The molecular weight excluding hydrogens is 284 g/mol. The Morgan fingerprint density at radius 2 is 1.75 bits per heavy atom. The maximum absolute atomic E-state index is 12.7. The van der Waals surface area contributed by atoms with Crippen LogP contribution in [0, 0.1) is 0 Å². The summed E-state index contributed by atoms with van der Waals surface area (Å²) in [5.41, 5.74) is -2.61. The second-order valence-electron chi connectivity index (χ2n) is 3.97. The lowest BCUT2D eigenvalue weighted by Gasteiger charge is -2.11. The van der Waals surface area contributed by atoms with Crippen molar-refractivity contribution in [1.29, 1.82) is 0 Å². The second kappa shape index (κ2) is 5.30. The Morgan fingerprint density at radius 1 is 1.20 bits per heavy atom. The van der Waals surface area contributed by atoms with E-state index in [-0.39, 0.29) is 10.8 Å². The standard InChI is InChI=1S/C13H11F6N/c1-4-8-6-10(13(17,18)19)20-11(9(8)5-2)7(3)12(14,15)16/h4-6H,1H2,2-3H3/b9-5-,11-7-. The summed E-state index contributed by atoms with van der Waals surface area (Å²) in [6, 6.07) is 0.676. The Balaban J connectivity index is 3.98. The Labute approximate surface area is 110 Å². The van der Waals surface area contributed by atoms with Gasteiger partial charge in [-0.1, -0.05) is 18.7 Å². The predicted octanol–water partition coefficient (Wildman–Crippen LogP) is 3.28. The molecule has 110 valence electrons. The van der Waals surface area contributed by atoms with E-state index < -0.39 is 29.0 Å². The van der Waals surface area contributed by atoms with Crippen LogP contribution in [0.2, 0.25) is 0 Å². The highest BCUT2D eigenvalue weighted by Crippen LogP contribution is 2.28. The molecule has 0 aliphatic heterocycles. The summed E-state index contributed by atoms with van der Waals surface area (Å²) >= 11 is 0. The molecule has 0 spiro atoms. The largest absolute Gasteiger partial charge is 0.433 e. The van der Waals surface area contributed by atoms with Gasteiger partial charge in [-0.2, -0.15) is 26.3 Å². The zero-order chi connectivity index (χ0) is 15.7. The van der Waals surface area contributed by atoms with Crippen molar-refractivity contribution < 1.29 is 26.3 Å². The normalized spacial score (nSPS) is 15.3. The molecule has 0 fully saturated rings. The van der Waals surface area contributed by atoms with Gasteiger partial charge in [0.15, 0.2) is 0 Å². The van der Waals surface area contributed by atoms with E-state index in [4.69, 9.17) is 0 Å². The van der Waals surface area contributed by atoms with E-state index >= 15 is 0 Å². The fourth-order valence-corrected chi connectivity index (χ4v) is 1.61. The van der Waals surface area contributed by atoms with Crippen molar-refractivity contribution >= 4 is 17.7 Å². The van der Waals surface area contributed by atoms with E-state index in [0.717, 1.165) is 6.08 Å². The van der Waals surface area contributed by atoms with Crippen LogP contribution in [0.5, 0.6) is 0 Å². The van der Waals surface area contributed by atoms with Crippen molar-refractivity contribution in [3.05, 3.63) is 34.5 Å². The predicted molar refractivity (Wildman–Crippen MR) is 63.9 cm³/mol. The first kappa shape index (κ1) is 16.3. The van der Waals surface area contributed by atoms with Crippen LogP contribution in [0.4, 0.5) is 26.3 Å². The highest BCUT2D eigenvalue weighted by molar-refractivity contribution is 5.55. The molecule has 7 heteroatoms. The van der Waals surface area contributed by atoms with E-state index in [1.165, 1.54) is 13.0 Å². The number of pyridine rings is 1. The van der Waals surface area contributed by atoms with Crippen LogP contribution in [-0.2, 0) is 6.18 Å². The molecule has 1 aromatic rings. The number of alkyl halides is 6. The fourth-order valence-electron chi connectivity index (χ4n) is 1.61. The maximum Gasteiger partial charge on any atom is 0.433 e. The Kier molecular flexibility index (Phi) is 4.31. The zero-order valence-corrected chi connectivity index (χ0v) is 10.7. The average Bonchev–Trinajstić information content (AvgIpc) is 2.33. The number of aromatic nitrogens is 1. The SMILES string of the molecule is C=Cc1cc(C(F)(F)F)nc(=C(/C)C(F)(F)F)/c1=C\C. The third-order valence-electron chi connectivity index (χ3n) is 2.67. The molecule has 1 heterocycles. The number of rotatable bonds is 1. The van der Waals surface area contributed by atoms with Crippen LogP contribution in [0.3, 0.4) is 0 Å². The first-order chi connectivity index (χ1) is 9.02. The molecule has 0 aliphatic carbocycles. The van der Waals surface area contributed by atoms with E-state index in [1.54, 1.807) is 0 Å². The zero-order valence-electron chi connectivity index (χ0n) is 10.7. The minimum Gasteiger partial charge on any atom is -0.243 e. The van der Waals surface area contributed by atoms with Gasteiger partial charge in [0.05, 0.1) is 10.9 Å². The molecule has 0 aromatic carbocycles. The highest BCUT2D eigenvalue weighted by atomic mass is 19.4. The summed E-state index contributed by atoms with van der Waals surface area (Å²) in [6.45, 7) is 5.44. The molecular formula is C13H11F6N. The molecule has 20 heavy (non-hydrogen) atoms. The molecule has 0 radical (unpaired) electrons. The molecule has 1 rings (SSSR count). The number of halogens is 6. The highest BCUT2D eigenvalue weighted by Gasteiger charge is 2.35. The van der Waals surface area contributed by atoms with Crippen molar-refractivity contribution in [2.24, 2.45) is 0 Å². The first-order valence-electron chi connectivity index (χ1n) is 5.47. The molecule has 0 atom stereocenters. The van der Waals surface area contributed by atoms with Gasteiger partial charge in [-0.3, -0.25) is 0 Å². The lowest BCUT2D eigenvalue weighted by atomic mass is 10.1. The van der Waals surface area contributed by atoms with Crippen LogP contribution in [-0.4, -0.2) is 11.2 Å². The number of nitrogens with zero attached hydrogens (tertiary/aromatic N) is 1. The second-order valence-corrected chi connectivity index (χ2v) is 3.97. The minimum atomic E-state index is -4.83. The van der Waals surface area contributed by atoms with Gasteiger partial charge < -0.3 is 0 Å². The molecule has 0 unspecified atom stereocenters. The summed E-state index contributed by atoms with van der Waals surface area (Å²) in [5, 5.41) is -0.757. The molecule has 1 nitrogen and oxygen atoms in total. The lowest BCUT2D eigenvalue weighted by molar-refractivity contribution is -0.141. The molecule has 1 aromatic heterocycles. The van der Waals surface area contributed by atoms with Crippen LogP contribution < -0.4 is 10.6 Å². The molecule has 0 bridgehead atoms. The summed E-state index contributed by atoms with van der Waals surface area (Å²) in [7, 11) is 0. The summed E-state index contributed by atoms with van der Waals surface area (Å²) in [6.07, 6.45) is -7.24. The van der Waals surface area contributed by atoms with Crippen LogP contribution in [0.15, 0.2) is 12.6 Å². The quantitative estimate of drug-likeness (QED) is 0.725. The third kappa shape index (κ3) is 3.20. The summed E-state index contributed by atoms with van der Waals surface area (Å²) < 4.78 is 76.2. The Morgan fingerprint density at radius 3 is 2.10 bits per heavy atom. The van der Waals surface area contributed by atoms with Gasteiger partial charge in [-0.05, 0) is 25.5 Å². The Hall–Kier alpha value is -1.79. The van der Waals surface area contributed by atoms with Gasteiger partial charge in [0.1, 0.15) is 5.69 Å². The van der Waals surface area contributed by atoms with Gasteiger partial charge in [0.2, 0.25) is 0 Å². The van der Waals surface area contributed by atoms with Crippen LogP contribution in [0.1, 0.15) is 25.1 Å². The van der Waals surface area contributed by atoms with Gasteiger partial charge >= 0.3 is 12.4 Å². The number of hydrogen-bond acceptors (Lipinski definition) is 1. The van der Waals surface area contributed by atoms with Crippen LogP contribution >= 0.6 is 0 Å². The monoisotopic (exact) mass is 295 g/mol. The van der Waals surface area contributed by atoms with Gasteiger partial charge in [0.25, 0.3) is 0 Å². The van der Waals surface area contributed by atoms with Crippen molar-refractivity contribution in [3.63, 3.8) is 0 Å². The Bertz CT molecular complexity index is 637. The van der Waals surface area contributed by atoms with E-state index in [1.807, 2.05) is 0 Å². The van der Waals surface area contributed by atoms with Crippen molar-refractivity contribution in [2.75, 3.05) is 0 Å². The van der Waals surface area contributed by atoms with E-state index in [0.29, 0.717) is 13.0 Å². The summed E-state index contributed by atoms with van der Waals surface area (Å²) in [4.78, 5) is 3.13. The fraction of sp³-hybridized carbons (Fsp3) is 0.308. The van der Waals surface area contributed by atoms with Crippen molar-refractivity contribution in [2.45, 2.75) is 26.2 Å². The smallest absolute Gasteiger partial charge is 0.243 e. The van der Waals surface area contributed by atoms with Gasteiger partial charge in [0, 0.05) is 5.22 Å². The van der Waals surface area contributed by atoms with Crippen molar-refractivity contribution in [3.8, 4) is 0 Å². The average molecular weight is 295 g/mol. The molecule has 0 saturated carbocycles. The number of hydrogen-bond donors (Lipinski definition) is 0. The lowest BCUT2D eigenvalue weighted by Crippen LogP contribution is -2.37. The van der Waals surface area contributed by atoms with Gasteiger partial charge in [-0.25, -0.2) is 4.98 Å². The molecule has 0 N–H and O–H groups in total. The molecule has 0 saturated heterocycles. The molecule has 0 aliphatic rings. The third-order valence-corrected chi connectivity index (χ3v) is 2.67. The topological polar surface area (TPSA) is 12.9 Å². The molecule has 0 amide bonds. The minimum absolute atomic E-state index is 0.0252. The van der Waals surface area contributed by atoms with Crippen molar-refractivity contribution in [1.82, 2.24) is 4.98 Å². The first-order valence-corrected chi connectivity index (χ1v) is 5.47. The van der Waals surface area contributed by atoms with Gasteiger partial charge in [-0.15, -0.1) is 0 Å². The van der Waals surface area contributed by atoms with E-state index in [9.17, 15) is 26.3 Å². The maximum atomic E-state index is 12.7. The van der Waals surface area contributed by atoms with E-state index in [2.05, 4.69) is 11.6 Å². The summed E-state index contributed by atoms with van der Waals surface area (Å²) in [5.74, 6) is 0. The van der Waals surface area contributed by atoms with Crippen LogP contribution in [0.25, 0.3) is 17.7 Å².